The van der Waals surface area contributed by atoms with Gasteiger partial charge in [-0.3, -0.25) is 4.68 Å². The monoisotopic (exact) mass is 588 g/mol. The zero-order valence-corrected chi connectivity index (χ0v) is 24.6. The van der Waals surface area contributed by atoms with Gasteiger partial charge in [-0.05, 0) is 70.8 Å². The lowest BCUT2D eigenvalue weighted by Gasteiger charge is -2.25. The molecule has 2 saturated carbocycles. The molecule has 3 fully saturated rings. The van der Waals surface area contributed by atoms with Crippen LogP contribution in [0.5, 0.6) is 0 Å². The van der Waals surface area contributed by atoms with Crippen LogP contribution in [-0.4, -0.2) is 49.4 Å². The van der Waals surface area contributed by atoms with E-state index in [4.69, 9.17) is 15.6 Å². The SMILES string of the molecule is Cc1nc(N)cc(-c2nc(CC(C)C)c3c(C4[C@H]5CN(C(=O)OC(C)(C)C)C[C@@H]45)nn(C4CC4)c3c2F)c1C(F)(F)F. The third kappa shape index (κ3) is 4.96. The van der Waals surface area contributed by atoms with Gasteiger partial charge in [0.2, 0.25) is 0 Å². The van der Waals surface area contributed by atoms with E-state index in [0.717, 1.165) is 24.6 Å². The molecule has 1 saturated heterocycles. The maximum atomic E-state index is 16.6. The number of rotatable bonds is 5. The molecule has 12 heteroatoms. The summed E-state index contributed by atoms with van der Waals surface area (Å²) in [6, 6.07) is 1.03. The number of aryl methyl sites for hydroxylation is 1. The van der Waals surface area contributed by atoms with Crippen LogP contribution in [0.3, 0.4) is 0 Å². The molecule has 0 radical (unpaired) electrons. The first-order chi connectivity index (χ1) is 19.5. The van der Waals surface area contributed by atoms with Gasteiger partial charge in [0, 0.05) is 30.0 Å². The smallest absolute Gasteiger partial charge is 0.418 e. The Kier molecular flexibility index (Phi) is 6.51. The van der Waals surface area contributed by atoms with Crippen molar-refractivity contribution in [1.29, 1.82) is 0 Å². The van der Waals surface area contributed by atoms with E-state index in [-0.39, 0.29) is 58.5 Å². The predicted octanol–water partition coefficient (Wildman–Crippen LogP) is 6.66. The highest BCUT2D eigenvalue weighted by Gasteiger charge is 2.59. The highest BCUT2D eigenvalue weighted by atomic mass is 19.4. The van der Waals surface area contributed by atoms with E-state index in [2.05, 4.69) is 9.97 Å². The number of anilines is 1. The number of piperidine rings is 1. The average Bonchev–Trinajstić information content (AvgIpc) is 3.72. The molecule has 1 unspecified atom stereocenters. The summed E-state index contributed by atoms with van der Waals surface area (Å²) in [5.41, 5.74) is 4.53. The molecule has 8 nitrogen and oxygen atoms in total. The van der Waals surface area contributed by atoms with Gasteiger partial charge in [0.15, 0.2) is 5.82 Å². The van der Waals surface area contributed by atoms with Gasteiger partial charge in [0.1, 0.15) is 22.6 Å². The van der Waals surface area contributed by atoms with Crippen molar-refractivity contribution in [3.8, 4) is 11.3 Å². The van der Waals surface area contributed by atoms with Crippen LogP contribution < -0.4 is 5.73 Å². The lowest BCUT2D eigenvalue weighted by molar-refractivity contribution is -0.137. The number of nitrogens with two attached hydrogens (primary N) is 1. The molecular weight excluding hydrogens is 552 g/mol. The minimum atomic E-state index is -4.78. The van der Waals surface area contributed by atoms with E-state index < -0.39 is 28.7 Å². The number of likely N-dealkylation sites (tertiary alicyclic amines) is 1. The molecule has 2 N–H and O–H groups in total. The molecule has 42 heavy (non-hydrogen) atoms. The molecule has 226 valence electrons. The number of halogens is 4. The normalized spacial score (nSPS) is 22.3. The van der Waals surface area contributed by atoms with Crippen LogP contribution in [-0.2, 0) is 17.3 Å². The van der Waals surface area contributed by atoms with Crippen LogP contribution >= 0.6 is 0 Å². The van der Waals surface area contributed by atoms with Gasteiger partial charge in [-0.2, -0.15) is 18.3 Å². The fourth-order valence-corrected chi connectivity index (χ4v) is 6.48. The molecule has 3 aromatic rings. The summed E-state index contributed by atoms with van der Waals surface area (Å²) in [7, 11) is 0. The lowest BCUT2D eigenvalue weighted by atomic mass is 9.97. The van der Waals surface area contributed by atoms with Crippen molar-refractivity contribution < 1.29 is 27.1 Å². The maximum Gasteiger partial charge on any atom is 0.418 e. The number of nitrogen functional groups attached to an aromatic ring is 1. The van der Waals surface area contributed by atoms with Gasteiger partial charge >= 0.3 is 12.3 Å². The van der Waals surface area contributed by atoms with Crippen LogP contribution in [0.1, 0.15) is 82.1 Å². The summed E-state index contributed by atoms with van der Waals surface area (Å²) < 4.78 is 66.6. The third-order valence-corrected chi connectivity index (χ3v) is 8.30. The molecule has 3 atom stereocenters. The zero-order chi connectivity index (χ0) is 30.5. The van der Waals surface area contributed by atoms with Crippen LogP contribution in [0, 0.1) is 30.5 Å². The fourth-order valence-electron chi connectivity index (χ4n) is 6.48. The first kappa shape index (κ1) is 28.7. The molecule has 3 aliphatic rings. The number of nitrogens with zero attached hydrogens (tertiary/aromatic N) is 5. The Hall–Kier alpha value is -3.44. The number of aromatic nitrogens is 4. The molecule has 0 aromatic carbocycles. The Balaban J connectivity index is 1.48. The van der Waals surface area contributed by atoms with E-state index in [1.54, 1.807) is 9.58 Å². The van der Waals surface area contributed by atoms with Gasteiger partial charge < -0.3 is 15.4 Å². The van der Waals surface area contributed by atoms with Gasteiger partial charge in [-0.15, -0.1) is 0 Å². The highest BCUT2D eigenvalue weighted by Crippen LogP contribution is 2.60. The molecule has 4 heterocycles. The number of carbonyl (C=O) groups excluding carboxylic acids is 1. The molecular formula is C30H36F4N6O2. The lowest BCUT2D eigenvalue weighted by Crippen LogP contribution is -2.36. The number of fused-ring (bicyclic) bond motifs is 2. The Morgan fingerprint density at radius 1 is 1.14 bits per heavy atom. The second-order valence-electron chi connectivity index (χ2n) is 13.4. The second-order valence-corrected chi connectivity index (χ2v) is 13.4. The summed E-state index contributed by atoms with van der Waals surface area (Å²) >= 11 is 0. The van der Waals surface area contributed by atoms with E-state index in [0.29, 0.717) is 30.6 Å². The quantitative estimate of drug-likeness (QED) is 0.335. The van der Waals surface area contributed by atoms with Gasteiger partial charge in [0.05, 0.1) is 28.7 Å². The van der Waals surface area contributed by atoms with Crippen LogP contribution in [0.4, 0.5) is 28.2 Å². The summed E-state index contributed by atoms with van der Waals surface area (Å²) in [4.78, 5) is 22.8. The fraction of sp³-hybridized carbons (Fsp3) is 0.600. The number of hydrogen-bond donors (Lipinski definition) is 1. The Morgan fingerprint density at radius 3 is 2.33 bits per heavy atom. The predicted molar refractivity (Wildman–Crippen MR) is 149 cm³/mol. The zero-order valence-electron chi connectivity index (χ0n) is 24.6. The Bertz CT molecular complexity index is 1580. The maximum absolute atomic E-state index is 16.6. The summed E-state index contributed by atoms with van der Waals surface area (Å²) in [5.74, 6) is -0.564. The molecule has 1 amide bonds. The van der Waals surface area contributed by atoms with Crippen molar-refractivity contribution >= 4 is 22.8 Å². The summed E-state index contributed by atoms with van der Waals surface area (Å²) in [6.45, 7) is 11.7. The molecule has 3 aromatic heterocycles. The number of ether oxygens (including phenoxy) is 1. The van der Waals surface area contributed by atoms with E-state index in [1.807, 2.05) is 34.6 Å². The summed E-state index contributed by atoms with van der Waals surface area (Å²) in [5, 5.41) is 5.53. The number of alkyl halides is 3. The molecule has 0 spiro atoms. The van der Waals surface area contributed by atoms with Crippen LogP contribution in [0.15, 0.2) is 6.07 Å². The molecule has 2 aliphatic carbocycles. The Labute approximate surface area is 241 Å². The Morgan fingerprint density at radius 2 is 1.79 bits per heavy atom. The topological polar surface area (TPSA) is 99.2 Å². The third-order valence-electron chi connectivity index (χ3n) is 8.30. The van der Waals surface area contributed by atoms with Crippen molar-refractivity contribution in [2.45, 2.75) is 84.5 Å². The second kappa shape index (κ2) is 9.54. The molecule has 1 aliphatic heterocycles. The van der Waals surface area contributed by atoms with Gasteiger partial charge in [-0.25, -0.2) is 19.2 Å². The van der Waals surface area contributed by atoms with E-state index >= 15 is 4.39 Å². The average molecular weight is 589 g/mol. The van der Waals surface area contributed by atoms with Crippen molar-refractivity contribution in [1.82, 2.24) is 24.6 Å². The number of amides is 1. The van der Waals surface area contributed by atoms with Crippen LogP contribution in [0.25, 0.3) is 22.2 Å². The standard InChI is InChI=1S/C30H36F4N6O2/c1-13(2)9-19-22-26(21-17-11-39(12-18(17)21)28(41)42-29(4,5)6)38-40(15-7-8-15)27(22)24(31)25(37-19)16-10-20(35)36-14(3)23(16)30(32,33)34/h10,13,15,17-18,21H,7-9,11-12H2,1-6H3,(H2,35,36)/t17-,18+,21?. The van der Waals surface area contributed by atoms with E-state index in [1.165, 1.54) is 6.92 Å². The van der Waals surface area contributed by atoms with Crippen LogP contribution in [0.2, 0.25) is 0 Å². The minimum absolute atomic E-state index is 0.00805. The minimum Gasteiger partial charge on any atom is -0.444 e. The van der Waals surface area contributed by atoms with Crippen molar-refractivity contribution in [2.24, 2.45) is 17.8 Å². The molecule has 6 rings (SSSR count). The first-order valence-electron chi connectivity index (χ1n) is 14.5. The van der Waals surface area contributed by atoms with Crippen molar-refractivity contribution in [3.05, 3.63) is 34.5 Å². The highest BCUT2D eigenvalue weighted by molar-refractivity contribution is 5.90. The van der Waals surface area contributed by atoms with Crippen molar-refractivity contribution in [2.75, 3.05) is 18.8 Å². The molecule has 0 bridgehead atoms. The first-order valence-corrected chi connectivity index (χ1v) is 14.5. The van der Waals surface area contributed by atoms with E-state index in [9.17, 15) is 18.0 Å². The number of hydrogen-bond acceptors (Lipinski definition) is 6. The number of pyridine rings is 2. The van der Waals surface area contributed by atoms with Crippen molar-refractivity contribution in [3.63, 3.8) is 0 Å². The van der Waals surface area contributed by atoms with Gasteiger partial charge in [0.25, 0.3) is 0 Å². The summed E-state index contributed by atoms with van der Waals surface area (Å²) in [6.07, 6.45) is -3.08. The van der Waals surface area contributed by atoms with Gasteiger partial charge in [-0.1, -0.05) is 13.8 Å². The number of carbonyl (C=O) groups is 1. The largest absolute Gasteiger partial charge is 0.444 e.